The van der Waals surface area contributed by atoms with Crippen molar-refractivity contribution in [1.82, 2.24) is 20.1 Å². The van der Waals surface area contributed by atoms with Gasteiger partial charge in [0, 0.05) is 29.4 Å². The minimum atomic E-state index is -0.371. The van der Waals surface area contributed by atoms with E-state index in [-0.39, 0.29) is 17.8 Å². The van der Waals surface area contributed by atoms with Gasteiger partial charge in [-0.25, -0.2) is 4.39 Å². The minimum absolute atomic E-state index is 0.0691. The number of rotatable bonds is 3. The van der Waals surface area contributed by atoms with Gasteiger partial charge in [0.05, 0.1) is 23.3 Å². The van der Waals surface area contributed by atoms with Crippen LogP contribution in [0.5, 0.6) is 0 Å². The molecule has 25 heavy (non-hydrogen) atoms. The fourth-order valence-electron chi connectivity index (χ4n) is 3.60. The first kappa shape index (κ1) is 15.7. The summed E-state index contributed by atoms with van der Waals surface area (Å²) in [6.07, 6.45) is 6.29. The van der Waals surface area contributed by atoms with Crippen LogP contribution in [0, 0.1) is 5.82 Å². The summed E-state index contributed by atoms with van der Waals surface area (Å²) in [5.74, 6) is -0.602. The number of aryl methyl sites for hydroxylation is 1. The summed E-state index contributed by atoms with van der Waals surface area (Å²) in [6.45, 7) is 2.88. The third kappa shape index (κ3) is 2.67. The highest BCUT2D eigenvalue weighted by molar-refractivity contribution is 6.05. The Morgan fingerprint density at radius 2 is 2.28 bits per heavy atom. The monoisotopic (exact) mass is 338 g/mol. The smallest absolute Gasteiger partial charge is 0.253 e. The lowest BCUT2D eigenvalue weighted by molar-refractivity contribution is 0.0934. The van der Waals surface area contributed by atoms with Crippen LogP contribution in [-0.4, -0.2) is 20.7 Å². The largest absolute Gasteiger partial charge is 0.345 e. The van der Waals surface area contributed by atoms with Gasteiger partial charge in [-0.05, 0) is 50.5 Å². The first-order valence-corrected chi connectivity index (χ1v) is 8.57. The predicted molar refractivity (Wildman–Crippen MR) is 92.7 cm³/mol. The molecule has 1 aliphatic carbocycles. The molecule has 0 bridgehead atoms. The maximum absolute atomic E-state index is 13.9. The van der Waals surface area contributed by atoms with Crippen LogP contribution in [0.2, 0.25) is 0 Å². The Balaban J connectivity index is 1.66. The van der Waals surface area contributed by atoms with E-state index in [2.05, 4.69) is 22.3 Å². The number of aromatic nitrogens is 3. The van der Waals surface area contributed by atoms with Crippen molar-refractivity contribution in [1.29, 1.82) is 0 Å². The zero-order valence-electron chi connectivity index (χ0n) is 14.0. The number of fused-ring (bicyclic) bond motifs is 2. The van der Waals surface area contributed by atoms with E-state index in [0.717, 1.165) is 31.4 Å². The molecule has 2 heterocycles. The van der Waals surface area contributed by atoms with Gasteiger partial charge in [0.15, 0.2) is 0 Å². The average molecular weight is 338 g/mol. The molecule has 0 aliphatic heterocycles. The van der Waals surface area contributed by atoms with E-state index in [1.807, 2.05) is 10.9 Å². The molecule has 0 spiro atoms. The molecule has 0 saturated heterocycles. The van der Waals surface area contributed by atoms with Crippen molar-refractivity contribution in [3.8, 4) is 0 Å². The Morgan fingerprint density at radius 1 is 1.40 bits per heavy atom. The number of hydrogen-bond donors (Lipinski definition) is 1. The van der Waals surface area contributed by atoms with Gasteiger partial charge in [0.25, 0.3) is 5.91 Å². The van der Waals surface area contributed by atoms with Crippen LogP contribution < -0.4 is 5.32 Å². The molecule has 1 amide bonds. The van der Waals surface area contributed by atoms with Crippen molar-refractivity contribution in [2.24, 2.45) is 0 Å². The maximum atomic E-state index is 13.9. The van der Waals surface area contributed by atoms with E-state index in [9.17, 15) is 9.18 Å². The van der Waals surface area contributed by atoms with Gasteiger partial charge in [-0.15, -0.1) is 0 Å². The van der Waals surface area contributed by atoms with E-state index in [0.29, 0.717) is 16.5 Å². The standard InChI is InChI=1S/C19H19FN4O/c1-2-24-17-7-3-6-16(14(17)11-22-24)23-19(25)13-8-9-15(20)12-5-4-10-21-18(12)13/h4-5,8-11,16H,2-3,6-7H2,1H3,(H,23,25)/t16-/m0/s1. The van der Waals surface area contributed by atoms with E-state index < -0.39 is 0 Å². The molecule has 0 unspecified atom stereocenters. The fraction of sp³-hybridized carbons (Fsp3) is 0.316. The second-order valence-corrected chi connectivity index (χ2v) is 6.28. The highest BCUT2D eigenvalue weighted by Crippen LogP contribution is 2.30. The van der Waals surface area contributed by atoms with Gasteiger partial charge in [-0.2, -0.15) is 5.10 Å². The molecule has 1 N–H and O–H groups in total. The SMILES string of the molecule is CCn1ncc2c1CCC[C@@H]2NC(=O)c1ccc(F)c2cccnc12. The third-order valence-electron chi connectivity index (χ3n) is 4.83. The second-order valence-electron chi connectivity index (χ2n) is 6.28. The highest BCUT2D eigenvalue weighted by atomic mass is 19.1. The van der Waals surface area contributed by atoms with Crippen molar-refractivity contribution in [2.45, 2.75) is 38.8 Å². The summed E-state index contributed by atoms with van der Waals surface area (Å²) in [4.78, 5) is 17.0. The lowest BCUT2D eigenvalue weighted by Gasteiger charge is -2.24. The highest BCUT2D eigenvalue weighted by Gasteiger charge is 2.26. The zero-order valence-corrected chi connectivity index (χ0v) is 14.0. The molecule has 6 heteroatoms. The fourth-order valence-corrected chi connectivity index (χ4v) is 3.60. The van der Waals surface area contributed by atoms with Crippen LogP contribution in [0.15, 0.2) is 36.7 Å². The summed E-state index contributed by atoms with van der Waals surface area (Å²) in [5, 5.41) is 7.86. The molecule has 0 fully saturated rings. The molecule has 4 rings (SSSR count). The molecule has 0 saturated carbocycles. The van der Waals surface area contributed by atoms with Crippen LogP contribution >= 0.6 is 0 Å². The number of hydrogen-bond acceptors (Lipinski definition) is 3. The lowest BCUT2D eigenvalue weighted by Crippen LogP contribution is -2.31. The Kier molecular flexibility index (Phi) is 3.95. The first-order chi connectivity index (χ1) is 12.2. The molecule has 5 nitrogen and oxygen atoms in total. The summed E-state index contributed by atoms with van der Waals surface area (Å²) in [7, 11) is 0. The summed E-state index contributed by atoms with van der Waals surface area (Å²) >= 11 is 0. The molecule has 1 aromatic carbocycles. The van der Waals surface area contributed by atoms with E-state index in [4.69, 9.17) is 0 Å². The van der Waals surface area contributed by atoms with Crippen molar-refractivity contribution >= 4 is 16.8 Å². The van der Waals surface area contributed by atoms with Gasteiger partial charge in [-0.1, -0.05) is 0 Å². The maximum Gasteiger partial charge on any atom is 0.253 e. The van der Waals surface area contributed by atoms with E-state index >= 15 is 0 Å². The minimum Gasteiger partial charge on any atom is -0.345 e. The quantitative estimate of drug-likeness (QED) is 0.796. The third-order valence-corrected chi connectivity index (χ3v) is 4.83. The van der Waals surface area contributed by atoms with E-state index in [1.54, 1.807) is 18.3 Å². The lowest BCUT2D eigenvalue weighted by atomic mass is 9.92. The van der Waals surface area contributed by atoms with Gasteiger partial charge in [0.1, 0.15) is 5.82 Å². The average Bonchev–Trinajstić information content (AvgIpc) is 3.06. The molecular weight excluding hydrogens is 319 g/mol. The van der Waals surface area contributed by atoms with Crippen LogP contribution in [0.3, 0.4) is 0 Å². The Labute approximate surface area is 144 Å². The Hall–Kier alpha value is -2.76. The van der Waals surface area contributed by atoms with E-state index in [1.165, 1.54) is 17.8 Å². The van der Waals surface area contributed by atoms with Crippen molar-refractivity contribution in [2.75, 3.05) is 0 Å². The number of pyridine rings is 1. The van der Waals surface area contributed by atoms with Crippen molar-refractivity contribution < 1.29 is 9.18 Å². The van der Waals surface area contributed by atoms with Crippen LogP contribution in [0.25, 0.3) is 10.9 Å². The first-order valence-electron chi connectivity index (χ1n) is 8.57. The Morgan fingerprint density at radius 3 is 3.12 bits per heavy atom. The second kappa shape index (κ2) is 6.27. The molecule has 0 radical (unpaired) electrons. The van der Waals surface area contributed by atoms with Gasteiger partial charge >= 0.3 is 0 Å². The van der Waals surface area contributed by atoms with Crippen molar-refractivity contribution in [3.05, 3.63) is 59.3 Å². The summed E-state index contributed by atoms with van der Waals surface area (Å²) in [5.41, 5.74) is 3.06. The Bertz CT molecular complexity index is 950. The van der Waals surface area contributed by atoms with Crippen LogP contribution in [0.4, 0.5) is 4.39 Å². The predicted octanol–water partition coefficient (Wildman–Crippen LogP) is 3.40. The zero-order chi connectivity index (χ0) is 17.4. The topological polar surface area (TPSA) is 59.8 Å². The number of carbonyl (C=O) groups excluding carboxylic acids is 1. The summed E-state index contributed by atoms with van der Waals surface area (Å²) < 4.78 is 15.9. The number of nitrogens with one attached hydrogen (secondary N) is 1. The number of halogens is 1. The van der Waals surface area contributed by atoms with Gasteiger partial charge < -0.3 is 5.32 Å². The summed E-state index contributed by atoms with van der Waals surface area (Å²) in [6, 6.07) is 6.05. The molecule has 2 aromatic heterocycles. The van der Waals surface area contributed by atoms with Gasteiger partial charge in [-0.3, -0.25) is 14.5 Å². The number of nitrogens with zero attached hydrogens (tertiary/aromatic N) is 3. The number of amides is 1. The van der Waals surface area contributed by atoms with Crippen LogP contribution in [-0.2, 0) is 13.0 Å². The normalized spacial score (nSPS) is 16.6. The number of benzene rings is 1. The molecular formula is C19H19FN4O. The molecule has 1 aliphatic rings. The number of carbonyl (C=O) groups is 1. The molecule has 128 valence electrons. The van der Waals surface area contributed by atoms with Gasteiger partial charge in [0.2, 0.25) is 0 Å². The van der Waals surface area contributed by atoms with Crippen LogP contribution in [0.1, 0.15) is 47.4 Å². The molecule has 1 atom stereocenters. The van der Waals surface area contributed by atoms with Crippen molar-refractivity contribution in [3.63, 3.8) is 0 Å². The molecule has 3 aromatic rings.